The topological polar surface area (TPSA) is 51.8 Å². The predicted molar refractivity (Wildman–Crippen MR) is 74.9 cm³/mol. The van der Waals surface area contributed by atoms with Crippen molar-refractivity contribution in [1.82, 2.24) is 9.97 Å². The smallest absolute Gasteiger partial charge is 0.140 e. The summed E-state index contributed by atoms with van der Waals surface area (Å²) in [4.78, 5) is 9.68. The first-order valence-corrected chi connectivity index (χ1v) is 6.89. The second kappa shape index (κ2) is 5.51. The Morgan fingerprint density at radius 3 is 2.94 bits per heavy atom. The molecule has 0 radical (unpaired) electrons. The Balaban J connectivity index is 2.05. The maximum absolute atomic E-state index is 5.75. The van der Waals surface area contributed by atoms with E-state index in [-0.39, 0.29) is 0 Å². The maximum atomic E-state index is 5.75. The van der Waals surface area contributed by atoms with E-state index < -0.39 is 0 Å². The third-order valence-electron chi connectivity index (χ3n) is 2.22. The van der Waals surface area contributed by atoms with Crippen LogP contribution in [-0.2, 0) is 5.75 Å². The van der Waals surface area contributed by atoms with Gasteiger partial charge in [-0.2, -0.15) is 0 Å². The molecule has 0 saturated carbocycles. The van der Waals surface area contributed by atoms with Crippen molar-refractivity contribution in [3.8, 4) is 0 Å². The standard InChI is InChI=1S/C12H12BrN3S/c1-8-6-15-11(16-12(8)14)7-17-10-4-2-3-9(13)5-10/h2-6H,7H2,1H3,(H2,14,15,16). The molecular weight excluding hydrogens is 298 g/mol. The third-order valence-corrected chi connectivity index (χ3v) is 3.71. The van der Waals surface area contributed by atoms with Crippen molar-refractivity contribution in [3.05, 3.63) is 46.3 Å². The van der Waals surface area contributed by atoms with Gasteiger partial charge in [-0.3, -0.25) is 0 Å². The van der Waals surface area contributed by atoms with Crippen LogP contribution in [0.3, 0.4) is 0 Å². The van der Waals surface area contributed by atoms with Crippen LogP contribution in [0.4, 0.5) is 5.82 Å². The number of hydrogen-bond donors (Lipinski definition) is 1. The summed E-state index contributed by atoms with van der Waals surface area (Å²) in [7, 11) is 0. The number of halogens is 1. The zero-order chi connectivity index (χ0) is 12.3. The minimum Gasteiger partial charge on any atom is -0.383 e. The van der Waals surface area contributed by atoms with Gasteiger partial charge in [0.25, 0.3) is 0 Å². The van der Waals surface area contributed by atoms with Crippen molar-refractivity contribution in [2.75, 3.05) is 5.73 Å². The van der Waals surface area contributed by atoms with E-state index in [1.165, 1.54) is 4.90 Å². The highest BCUT2D eigenvalue weighted by molar-refractivity contribution is 9.10. The Morgan fingerprint density at radius 1 is 1.41 bits per heavy atom. The molecule has 5 heteroatoms. The van der Waals surface area contributed by atoms with Crippen LogP contribution >= 0.6 is 27.7 Å². The summed E-state index contributed by atoms with van der Waals surface area (Å²) < 4.78 is 1.08. The average molecular weight is 310 g/mol. The number of anilines is 1. The molecule has 1 aromatic carbocycles. The Labute approximate surface area is 113 Å². The normalized spacial score (nSPS) is 10.5. The molecule has 2 aromatic rings. The van der Waals surface area contributed by atoms with Crippen LogP contribution in [0.1, 0.15) is 11.4 Å². The lowest BCUT2D eigenvalue weighted by Crippen LogP contribution is -2.00. The fourth-order valence-corrected chi connectivity index (χ4v) is 2.64. The molecule has 0 fully saturated rings. The second-order valence-electron chi connectivity index (χ2n) is 3.60. The molecule has 0 spiro atoms. The summed E-state index contributed by atoms with van der Waals surface area (Å²) in [6.07, 6.45) is 1.76. The summed E-state index contributed by atoms with van der Waals surface area (Å²) in [6, 6.07) is 8.15. The first-order valence-electron chi connectivity index (χ1n) is 5.11. The number of aryl methyl sites for hydroxylation is 1. The van der Waals surface area contributed by atoms with Gasteiger partial charge < -0.3 is 5.73 Å². The summed E-state index contributed by atoms with van der Waals surface area (Å²) in [5.74, 6) is 2.05. The third kappa shape index (κ3) is 3.44. The summed E-state index contributed by atoms with van der Waals surface area (Å²) in [5.41, 5.74) is 6.66. The maximum Gasteiger partial charge on any atom is 0.140 e. The van der Waals surface area contributed by atoms with E-state index in [4.69, 9.17) is 5.73 Å². The molecule has 1 heterocycles. The van der Waals surface area contributed by atoms with Crippen LogP contribution in [0.15, 0.2) is 39.8 Å². The van der Waals surface area contributed by atoms with Gasteiger partial charge in [0.1, 0.15) is 11.6 Å². The fourth-order valence-electron chi connectivity index (χ4n) is 1.27. The van der Waals surface area contributed by atoms with E-state index in [0.29, 0.717) is 5.82 Å². The Kier molecular flexibility index (Phi) is 4.02. The lowest BCUT2D eigenvalue weighted by atomic mass is 10.3. The van der Waals surface area contributed by atoms with E-state index in [1.54, 1.807) is 18.0 Å². The quantitative estimate of drug-likeness (QED) is 0.883. The van der Waals surface area contributed by atoms with Gasteiger partial charge in [-0.1, -0.05) is 22.0 Å². The van der Waals surface area contributed by atoms with Crippen LogP contribution in [-0.4, -0.2) is 9.97 Å². The van der Waals surface area contributed by atoms with Gasteiger partial charge in [0.2, 0.25) is 0 Å². The molecule has 3 nitrogen and oxygen atoms in total. The van der Waals surface area contributed by atoms with Gasteiger partial charge in [0, 0.05) is 21.1 Å². The molecule has 0 amide bonds. The summed E-state index contributed by atoms with van der Waals surface area (Å²) in [6.45, 7) is 1.90. The highest BCUT2D eigenvalue weighted by Gasteiger charge is 2.02. The van der Waals surface area contributed by atoms with Crippen molar-refractivity contribution in [3.63, 3.8) is 0 Å². The number of benzene rings is 1. The molecular formula is C12H12BrN3S. The first-order chi connectivity index (χ1) is 8.15. The second-order valence-corrected chi connectivity index (χ2v) is 5.56. The molecule has 0 aliphatic rings. The molecule has 2 N–H and O–H groups in total. The minimum absolute atomic E-state index is 0.560. The summed E-state index contributed by atoms with van der Waals surface area (Å²) >= 11 is 5.14. The number of thioether (sulfide) groups is 1. The van der Waals surface area contributed by atoms with Crippen molar-refractivity contribution in [1.29, 1.82) is 0 Å². The Morgan fingerprint density at radius 2 is 2.24 bits per heavy atom. The number of aromatic nitrogens is 2. The van der Waals surface area contributed by atoms with Gasteiger partial charge in [-0.25, -0.2) is 9.97 Å². The van der Waals surface area contributed by atoms with Gasteiger partial charge in [-0.15, -0.1) is 11.8 Å². The van der Waals surface area contributed by atoms with E-state index in [9.17, 15) is 0 Å². The molecule has 0 aliphatic heterocycles. The first kappa shape index (κ1) is 12.4. The van der Waals surface area contributed by atoms with Gasteiger partial charge in [0.05, 0.1) is 5.75 Å². The molecule has 0 unspecified atom stereocenters. The van der Waals surface area contributed by atoms with Crippen LogP contribution in [0.2, 0.25) is 0 Å². The highest BCUT2D eigenvalue weighted by atomic mass is 79.9. The Hall–Kier alpha value is -1.07. The fraction of sp³-hybridized carbons (Fsp3) is 0.167. The SMILES string of the molecule is Cc1cnc(CSc2cccc(Br)c2)nc1N. The molecule has 0 bridgehead atoms. The van der Waals surface area contributed by atoms with Crippen molar-refractivity contribution in [2.24, 2.45) is 0 Å². The highest BCUT2D eigenvalue weighted by Crippen LogP contribution is 2.24. The van der Waals surface area contributed by atoms with E-state index in [1.807, 2.05) is 19.1 Å². The number of rotatable bonds is 3. The van der Waals surface area contributed by atoms with Crippen molar-refractivity contribution >= 4 is 33.5 Å². The molecule has 0 aliphatic carbocycles. The lowest BCUT2D eigenvalue weighted by molar-refractivity contribution is 1.02. The van der Waals surface area contributed by atoms with Crippen LogP contribution in [0.5, 0.6) is 0 Å². The molecule has 0 saturated heterocycles. The predicted octanol–water partition coefficient (Wildman–Crippen LogP) is 3.42. The lowest BCUT2D eigenvalue weighted by Gasteiger charge is -2.03. The number of nitrogens with zero attached hydrogens (tertiary/aromatic N) is 2. The van der Waals surface area contributed by atoms with E-state index >= 15 is 0 Å². The van der Waals surface area contributed by atoms with E-state index in [0.717, 1.165) is 21.6 Å². The molecule has 0 atom stereocenters. The van der Waals surface area contributed by atoms with E-state index in [2.05, 4.69) is 38.0 Å². The summed E-state index contributed by atoms with van der Waals surface area (Å²) in [5, 5.41) is 0. The van der Waals surface area contributed by atoms with Crippen LogP contribution in [0.25, 0.3) is 0 Å². The molecule has 2 rings (SSSR count). The van der Waals surface area contributed by atoms with Gasteiger partial charge in [-0.05, 0) is 25.1 Å². The number of hydrogen-bond acceptors (Lipinski definition) is 4. The average Bonchev–Trinajstić information content (AvgIpc) is 2.31. The van der Waals surface area contributed by atoms with Gasteiger partial charge in [0.15, 0.2) is 0 Å². The van der Waals surface area contributed by atoms with Crippen molar-refractivity contribution < 1.29 is 0 Å². The van der Waals surface area contributed by atoms with Gasteiger partial charge >= 0.3 is 0 Å². The minimum atomic E-state index is 0.560. The monoisotopic (exact) mass is 309 g/mol. The Bertz CT molecular complexity index is 531. The van der Waals surface area contributed by atoms with Crippen LogP contribution in [0, 0.1) is 6.92 Å². The number of nitrogen functional groups attached to an aromatic ring is 1. The zero-order valence-electron chi connectivity index (χ0n) is 9.35. The number of nitrogens with two attached hydrogens (primary N) is 1. The van der Waals surface area contributed by atoms with Crippen LogP contribution < -0.4 is 5.73 Å². The largest absolute Gasteiger partial charge is 0.383 e. The molecule has 88 valence electrons. The van der Waals surface area contributed by atoms with Crippen molar-refractivity contribution in [2.45, 2.75) is 17.6 Å². The molecule has 1 aromatic heterocycles. The molecule has 17 heavy (non-hydrogen) atoms. The zero-order valence-corrected chi connectivity index (χ0v) is 11.8.